The first kappa shape index (κ1) is 16.5. The Morgan fingerprint density at radius 3 is 2.55 bits per heavy atom. The zero-order chi connectivity index (χ0) is 15.9. The summed E-state index contributed by atoms with van der Waals surface area (Å²) in [5.74, 6) is -0.367. The van der Waals surface area contributed by atoms with Crippen molar-refractivity contribution in [3.63, 3.8) is 0 Å². The highest BCUT2D eigenvalue weighted by atomic mass is 35.5. The summed E-state index contributed by atoms with van der Waals surface area (Å²) >= 11 is 6.10. The standard InChI is InChI=1S/C17H18ClFN2O/c1-21(11-14-4-2-3-5-16(14)18)12-17(22)20-10-13-6-8-15(19)9-7-13/h2-9H,10-12H2,1H3,(H,20,22). The molecule has 22 heavy (non-hydrogen) atoms. The first-order chi connectivity index (χ1) is 10.5. The summed E-state index contributed by atoms with van der Waals surface area (Å²) in [6.45, 7) is 1.26. The largest absolute Gasteiger partial charge is 0.351 e. The van der Waals surface area contributed by atoms with Crippen LogP contribution in [0.3, 0.4) is 0 Å². The molecule has 0 fully saturated rings. The van der Waals surface area contributed by atoms with Crippen LogP contribution in [-0.4, -0.2) is 24.4 Å². The molecule has 0 aliphatic heterocycles. The lowest BCUT2D eigenvalue weighted by Gasteiger charge is -2.17. The average molecular weight is 321 g/mol. The van der Waals surface area contributed by atoms with Crippen molar-refractivity contribution in [3.05, 3.63) is 70.5 Å². The van der Waals surface area contributed by atoms with Crippen molar-refractivity contribution >= 4 is 17.5 Å². The predicted molar refractivity (Wildman–Crippen MR) is 86.0 cm³/mol. The fourth-order valence-corrected chi connectivity index (χ4v) is 2.27. The topological polar surface area (TPSA) is 32.3 Å². The van der Waals surface area contributed by atoms with E-state index >= 15 is 0 Å². The minimum absolute atomic E-state index is 0.0844. The lowest BCUT2D eigenvalue weighted by atomic mass is 10.2. The van der Waals surface area contributed by atoms with Crippen LogP contribution >= 0.6 is 11.6 Å². The van der Waals surface area contributed by atoms with Gasteiger partial charge in [0.15, 0.2) is 0 Å². The summed E-state index contributed by atoms with van der Waals surface area (Å²) in [4.78, 5) is 13.8. The second-order valence-electron chi connectivity index (χ2n) is 5.17. The van der Waals surface area contributed by atoms with Gasteiger partial charge in [-0.2, -0.15) is 0 Å². The number of amides is 1. The maximum absolute atomic E-state index is 12.8. The van der Waals surface area contributed by atoms with Gasteiger partial charge in [-0.3, -0.25) is 9.69 Å². The van der Waals surface area contributed by atoms with Crippen LogP contribution in [0.4, 0.5) is 4.39 Å². The predicted octanol–water partition coefficient (Wildman–Crippen LogP) is 3.23. The van der Waals surface area contributed by atoms with E-state index < -0.39 is 0 Å². The number of carbonyl (C=O) groups excluding carboxylic acids is 1. The Morgan fingerprint density at radius 1 is 1.18 bits per heavy atom. The molecule has 1 N–H and O–H groups in total. The molecule has 2 aromatic carbocycles. The van der Waals surface area contributed by atoms with Crippen LogP contribution in [0, 0.1) is 5.82 Å². The molecule has 0 aromatic heterocycles. The minimum atomic E-state index is -0.283. The Balaban J connectivity index is 1.79. The van der Waals surface area contributed by atoms with Gasteiger partial charge < -0.3 is 5.32 Å². The van der Waals surface area contributed by atoms with E-state index in [1.54, 1.807) is 12.1 Å². The fraction of sp³-hybridized carbons (Fsp3) is 0.235. The van der Waals surface area contributed by atoms with Gasteiger partial charge in [0.1, 0.15) is 5.82 Å². The highest BCUT2D eigenvalue weighted by molar-refractivity contribution is 6.31. The summed E-state index contributed by atoms with van der Waals surface area (Å²) in [7, 11) is 1.86. The minimum Gasteiger partial charge on any atom is -0.351 e. The number of halogens is 2. The molecule has 1 amide bonds. The van der Waals surface area contributed by atoms with Crippen molar-refractivity contribution in [1.29, 1.82) is 0 Å². The zero-order valence-corrected chi connectivity index (χ0v) is 13.1. The van der Waals surface area contributed by atoms with Crippen LogP contribution in [0.1, 0.15) is 11.1 Å². The van der Waals surface area contributed by atoms with Crippen LogP contribution in [0.25, 0.3) is 0 Å². The van der Waals surface area contributed by atoms with E-state index in [0.29, 0.717) is 18.1 Å². The Labute approximate surface area is 134 Å². The van der Waals surface area contributed by atoms with E-state index in [1.807, 2.05) is 36.2 Å². The van der Waals surface area contributed by atoms with Crippen molar-refractivity contribution in [2.45, 2.75) is 13.1 Å². The number of rotatable bonds is 6. The normalized spacial score (nSPS) is 10.7. The van der Waals surface area contributed by atoms with Crippen molar-refractivity contribution in [3.8, 4) is 0 Å². The van der Waals surface area contributed by atoms with E-state index in [1.165, 1.54) is 12.1 Å². The van der Waals surface area contributed by atoms with E-state index in [-0.39, 0.29) is 18.3 Å². The maximum atomic E-state index is 12.8. The summed E-state index contributed by atoms with van der Waals surface area (Å²) < 4.78 is 12.8. The lowest BCUT2D eigenvalue weighted by Crippen LogP contribution is -2.34. The van der Waals surface area contributed by atoms with Gasteiger partial charge in [0.25, 0.3) is 0 Å². The Morgan fingerprint density at radius 2 is 1.86 bits per heavy atom. The summed E-state index contributed by atoms with van der Waals surface area (Å²) in [6, 6.07) is 13.6. The average Bonchev–Trinajstić information content (AvgIpc) is 2.49. The summed E-state index contributed by atoms with van der Waals surface area (Å²) in [6.07, 6.45) is 0. The van der Waals surface area contributed by atoms with E-state index in [9.17, 15) is 9.18 Å². The molecule has 0 unspecified atom stereocenters. The molecule has 0 heterocycles. The van der Waals surface area contributed by atoms with Gasteiger partial charge in [0, 0.05) is 18.1 Å². The molecule has 0 saturated carbocycles. The van der Waals surface area contributed by atoms with Crippen LogP contribution in [0.15, 0.2) is 48.5 Å². The molecule has 0 bridgehead atoms. The smallest absolute Gasteiger partial charge is 0.234 e. The van der Waals surface area contributed by atoms with E-state index in [4.69, 9.17) is 11.6 Å². The van der Waals surface area contributed by atoms with Gasteiger partial charge in [0.2, 0.25) is 5.91 Å². The number of likely N-dealkylation sites (N-methyl/N-ethyl adjacent to an activating group) is 1. The second kappa shape index (κ2) is 7.92. The Hall–Kier alpha value is -1.91. The molecule has 0 aliphatic rings. The molecule has 3 nitrogen and oxygen atoms in total. The van der Waals surface area contributed by atoms with Crippen molar-refractivity contribution in [2.24, 2.45) is 0 Å². The first-order valence-electron chi connectivity index (χ1n) is 6.97. The zero-order valence-electron chi connectivity index (χ0n) is 12.4. The second-order valence-corrected chi connectivity index (χ2v) is 5.57. The maximum Gasteiger partial charge on any atom is 0.234 e. The molecule has 0 atom stereocenters. The van der Waals surface area contributed by atoms with Gasteiger partial charge in [0.05, 0.1) is 6.54 Å². The van der Waals surface area contributed by atoms with Crippen LogP contribution in [-0.2, 0) is 17.9 Å². The number of hydrogen-bond donors (Lipinski definition) is 1. The van der Waals surface area contributed by atoms with Crippen molar-refractivity contribution in [1.82, 2.24) is 10.2 Å². The molecule has 0 spiro atoms. The van der Waals surface area contributed by atoms with Gasteiger partial charge in [-0.15, -0.1) is 0 Å². The van der Waals surface area contributed by atoms with Gasteiger partial charge in [-0.05, 0) is 36.4 Å². The first-order valence-corrected chi connectivity index (χ1v) is 7.35. The molecule has 0 saturated heterocycles. The third kappa shape index (κ3) is 5.13. The van der Waals surface area contributed by atoms with Crippen LogP contribution in [0.2, 0.25) is 5.02 Å². The molecular weight excluding hydrogens is 303 g/mol. The van der Waals surface area contributed by atoms with Gasteiger partial charge >= 0.3 is 0 Å². The van der Waals surface area contributed by atoms with E-state index in [2.05, 4.69) is 5.32 Å². The molecule has 0 aliphatic carbocycles. The highest BCUT2D eigenvalue weighted by Crippen LogP contribution is 2.16. The van der Waals surface area contributed by atoms with Crippen LogP contribution in [0.5, 0.6) is 0 Å². The number of nitrogens with one attached hydrogen (secondary N) is 1. The Kier molecular flexibility index (Phi) is 5.92. The van der Waals surface area contributed by atoms with E-state index in [0.717, 1.165) is 11.1 Å². The summed E-state index contributed by atoms with van der Waals surface area (Å²) in [5, 5.41) is 3.51. The third-order valence-electron chi connectivity index (χ3n) is 3.21. The van der Waals surface area contributed by atoms with Crippen molar-refractivity contribution < 1.29 is 9.18 Å². The third-order valence-corrected chi connectivity index (χ3v) is 3.58. The molecule has 5 heteroatoms. The number of nitrogens with zero attached hydrogens (tertiary/aromatic N) is 1. The monoisotopic (exact) mass is 320 g/mol. The van der Waals surface area contributed by atoms with Crippen LogP contribution < -0.4 is 5.32 Å². The number of carbonyl (C=O) groups is 1. The molecule has 2 rings (SSSR count). The number of hydrogen-bond acceptors (Lipinski definition) is 2. The lowest BCUT2D eigenvalue weighted by molar-refractivity contribution is -0.122. The van der Waals surface area contributed by atoms with Gasteiger partial charge in [-0.25, -0.2) is 4.39 Å². The highest BCUT2D eigenvalue weighted by Gasteiger charge is 2.08. The van der Waals surface area contributed by atoms with Crippen molar-refractivity contribution in [2.75, 3.05) is 13.6 Å². The number of benzene rings is 2. The summed E-state index contributed by atoms with van der Waals surface area (Å²) in [5.41, 5.74) is 1.85. The SMILES string of the molecule is CN(CC(=O)NCc1ccc(F)cc1)Cc1ccccc1Cl. The molecule has 2 aromatic rings. The fourth-order valence-electron chi connectivity index (χ4n) is 2.08. The molecular formula is C17H18ClFN2O. The molecule has 116 valence electrons. The quantitative estimate of drug-likeness (QED) is 0.886. The molecule has 0 radical (unpaired) electrons. The Bertz CT molecular complexity index is 631. The van der Waals surface area contributed by atoms with Gasteiger partial charge in [-0.1, -0.05) is 41.9 Å².